The second-order valence-electron chi connectivity index (χ2n) is 11.1. The van der Waals surface area contributed by atoms with Crippen molar-refractivity contribution >= 4 is 0 Å². The van der Waals surface area contributed by atoms with Crippen LogP contribution < -0.4 is 0 Å². The van der Waals surface area contributed by atoms with Crippen molar-refractivity contribution in [2.75, 3.05) is 7.18 Å². The Labute approximate surface area is 287 Å². The molecule has 0 unspecified atom stereocenters. The van der Waals surface area contributed by atoms with Crippen molar-refractivity contribution < 1.29 is 35.1 Å². The van der Waals surface area contributed by atoms with Crippen LogP contribution in [-0.4, -0.2) is 17.1 Å². The van der Waals surface area contributed by atoms with E-state index in [0.29, 0.717) is 18.3 Å². The van der Waals surface area contributed by atoms with Gasteiger partial charge in [0.1, 0.15) is 11.6 Å². The van der Waals surface area contributed by atoms with Crippen LogP contribution in [0.1, 0.15) is 0 Å². The predicted octanol–water partition coefficient (Wildman–Crippen LogP) is 12.0. The zero-order valence-electron chi connectivity index (χ0n) is 26.5. The fraction of sp³-hybridized carbons (Fsp3) is 0.0244. The van der Waals surface area contributed by atoms with Gasteiger partial charge in [-0.3, -0.25) is 14.4 Å². The first-order valence-electron chi connectivity index (χ1n) is 15.3. The fourth-order valence-corrected chi connectivity index (χ4v) is 5.93. The summed E-state index contributed by atoms with van der Waals surface area (Å²) >= 11 is 0. The molecule has 0 fully saturated rings. The van der Waals surface area contributed by atoms with Crippen LogP contribution in [0.4, 0.5) is 35.1 Å². The van der Waals surface area contributed by atoms with Crippen molar-refractivity contribution in [1.29, 1.82) is 0 Å². The number of hydrogen-bond acceptors (Lipinski definition) is 2. The third kappa shape index (κ3) is 6.36. The van der Waals surface area contributed by atoms with Gasteiger partial charge in [0.2, 0.25) is 0 Å². The Morgan fingerprint density at radius 2 is 0.804 bits per heavy atom. The topological polar surface area (TPSA) is 25.8 Å². The Kier molecular flexibility index (Phi) is 10.0. The van der Waals surface area contributed by atoms with Gasteiger partial charge in [-0.05, 0) is 63.7 Å². The third-order valence-corrected chi connectivity index (χ3v) is 8.21. The second-order valence-corrected chi connectivity index (χ2v) is 11.1. The molecule has 7 rings (SSSR count). The lowest BCUT2D eigenvalue weighted by molar-refractivity contribution is 0.440. The highest BCUT2D eigenvalue weighted by Gasteiger charge is 2.31. The zero-order chi connectivity index (χ0) is 36.2. The normalized spacial score (nSPS) is 10.8. The fourth-order valence-electron chi connectivity index (χ4n) is 5.93. The van der Waals surface area contributed by atoms with Gasteiger partial charge in [-0.25, -0.2) is 30.7 Å². The number of halogens is 8. The average molecular weight is 697 g/mol. The van der Waals surface area contributed by atoms with Gasteiger partial charge in [0.05, 0.1) is 23.9 Å². The lowest BCUT2D eigenvalue weighted by Crippen LogP contribution is -2.05. The van der Waals surface area contributed by atoms with Crippen LogP contribution in [0.5, 0.6) is 0 Å². The van der Waals surface area contributed by atoms with E-state index in [0.717, 1.165) is 12.3 Å². The summed E-state index contributed by atoms with van der Waals surface area (Å²) in [4.78, 5) is 7.82. The van der Waals surface area contributed by atoms with Crippen molar-refractivity contribution in [2.24, 2.45) is 0 Å². The van der Waals surface area contributed by atoms with Gasteiger partial charge in [0, 0.05) is 41.5 Å². The molecular formula is C41H24F8N2. The molecule has 10 heteroatoms. The van der Waals surface area contributed by atoms with Crippen LogP contribution >= 0.6 is 0 Å². The second kappa shape index (κ2) is 14.8. The molecule has 0 atom stereocenters. The summed E-state index contributed by atoms with van der Waals surface area (Å²) < 4.78 is 120. The van der Waals surface area contributed by atoms with Crippen molar-refractivity contribution in [2.45, 2.75) is 0 Å². The minimum Gasteiger partial charge on any atom is -0.264 e. The van der Waals surface area contributed by atoms with Gasteiger partial charge in [0.15, 0.2) is 29.1 Å². The summed E-state index contributed by atoms with van der Waals surface area (Å²) in [5.41, 5.74) is -2.50. The summed E-state index contributed by atoms with van der Waals surface area (Å²) in [6.07, 6.45) is 5.19. The molecule has 2 heterocycles. The molecule has 0 N–H and O–H groups in total. The van der Waals surface area contributed by atoms with Crippen molar-refractivity contribution in [3.8, 4) is 66.8 Å². The Morgan fingerprint density at radius 1 is 0.353 bits per heavy atom. The van der Waals surface area contributed by atoms with Crippen LogP contribution in [0, 0.1) is 40.7 Å². The SMILES string of the molecule is CF.Fc1cc(-c2cccnc2)c(F)c(-c2cc(-c3ccccc3)c(-c3c(F)c(F)c(F)c(-c4cccnc4)c3F)cc2-c2ccccc2)c1F. The number of rotatable bonds is 6. The first kappa shape index (κ1) is 34.7. The number of benzene rings is 5. The molecule has 0 aliphatic carbocycles. The molecule has 0 radical (unpaired) electrons. The molecule has 2 aromatic heterocycles. The lowest BCUT2D eigenvalue weighted by atomic mass is 9.83. The average Bonchev–Trinajstić information content (AvgIpc) is 3.18. The van der Waals surface area contributed by atoms with Crippen molar-refractivity contribution in [1.82, 2.24) is 9.97 Å². The monoisotopic (exact) mass is 696 g/mol. The van der Waals surface area contributed by atoms with Crippen LogP contribution in [0.3, 0.4) is 0 Å². The Morgan fingerprint density at radius 3 is 1.29 bits per heavy atom. The standard InChI is InChI=1S/C40H21F7N2.CH3F/c41-31-19-28(24-13-7-15-48-20-24)35(42)33(36(31)43)29-17-27(23-11-5-2-6-12-23)30(18-26(29)22-9-3-1-4-10-22)34-37(44)32(25-14-8-16-49-21-25)38(45)40(47)39(34)46;1-2/h1-21H;1H3. The number of hydrogen-bond donors (Lipinski definition) is 0. The van der Waals surface area contributed by atoms with Crippen molar-refractivity contribution in [3.63, 3.8) is 0 Å². The molecule has 0 aliphatic heterocycles. The zero-order valence-corrected chi connectivity index (χ0v) is 26.5. The molecule has 0 saturated carbocycles. The van der Waals surface area contributed by atoms with E-state index in [9.17, 15) is 4.39 Å². The molecule has 7 aromatic rings. The highest BCUT2D eigenvalue weighted by molar-refractivity contribution is 5.97. The molecule has 0 spiro atoms. The molecule has 0 aliphatic rings. The molecule has 0 amide bonds. The highest BCUT2D eigenvalue weighted by atomic mass is 19.2. The third-order valence-electron chi connectivity index (χ3n) is 8.21. The Bertz CT molecular complexity index is 2340. The van der Waals surface area contributed by atoms with E-state index in [-0.39, 0.29) is 38.9 Å². The van der Waals surface area contributed by atoms with Gasteiger partial charge in [0.25, 0.3) is 0 Å². The minimum atomic E-state index is -1.93. The van der Waals surface area contributed by atoms with Gasteiger partial charge in [-0.1, -0.05) is 72.8 Å². The summed E-state index contributed by atoms with van der Waals surface area (Å²) in [6, 6.07) is 25.1. The van der Waals surface area contributed by atoms with E-state index < -0.39 is 57.4 Å². The maximum Gasteiger partial charge on any atom is 0.195 e. The van der Waals surface area contributed by atoms with Gasteiger partial charge < -0.3 is 0 Å². The van der Waals surface area contributed by atoms with E-state index in [1.807, 2.05) is 0 Å². The van der Waals surface area contributed by atoms with E-state index in [1.54, 1.807) is 60.7 Å². The summed E-state index contributed by atoms with van der Waals surface area (Å²) in [5.74, 6) is -10.9. The number of pyridine rings is 2. The first-order valence-corrected chi connectivity index (χ1v) is 15.3. The Balaban J connectivity index is 0.00000220. The van der Waals surface area contributed by atoms with E-state index in [1.165, 1.54) is 55.0 Å². The highest BCUT2D eigenvalue weighted by Crippen LogP contribution is 2.47. The number of nitrogens with zero attached hydrogens (tertiary/aromatic N) is 2. The largest absolute Gasteiger partial charge is 0.264 e. The summed E-state index contributed by atoms with van der Waals surface area (Å²) in [7, 11) is 0.500. The van der Waals surface area contributed by atoms with Crippen LogP contribution in [-0.2, 0) is 0 Å². The molecule has 5 aromatic carbocycles. The van der Waals surface area contributed by atoms with E-state index >= 15 is 30.7 Å². The molecule has 0 saturated heterocycles. The van der Waals surface area contributed by atoms with Crippen molar-refractivity contribution in [3.05, 3.63) is 169 Å². The van der Waals surface area contributed by atoms with Crippen LogP contribution in [0.2, 0.25) is 0 Å². The molecule has 254 valence electrons. The van der Waals surface area contributed by atoms with E-state index in [2.05, 4.69) is 9.97 Å². The van der Waals surface area contributed by atoms with E-state index in [4.69, 9.17) is 0 Å². The van der Waals surface area contributed by atoms with Gasteiger partial charge in [-0.2, -0.15) is 0 Å². The first-order chi connectivity index (χ1) is 24.8. The quantitative estimate of drug-likeness (QED) is 0.0983. The van der Waals surface area contributed by atoms with Gasteiger partial charge in [-0.15, -0.1) is 0 Å². The van der Waals surface area contributed by atoms with Crippen LogP contribution in [0.15, 0.2) is 128 Å². The molecule has 51 heavy (non-hydrogen) atoms. The molecule has 2 nitrogen and oxygen atoms in total. The predicted molar refractivity (Wildman–Crippen MR) is 181 cm³/mol. The summed E-state index contributed by atoms with van der Waals surface area (Å²) in [6.45, 7) is 0. The molecular weight excluding hydrogens is 672 g/mol. The maximum atomic E-state index is 16.6. The number of alkyl halides is 1. The van der Waals surface area contributed by atoms with Crippen LogP contribution in [0.25, 0.3) is 66.8 Å². The minimum absolute atomic E-state index is 0.00205. The smallest absolute Gasteiger partial charge is 0.195 e. The lowest BCUT2D eigenvalue weighted by Gasteiger charge is -2.21. The number of aromatic nitrogens is 2. The summed E-state index contributed by atoms with van der Waals surface area (Å²) in [5, 5.41) is 0. The van der Waals surface area contributed by atoms with Gasteiger partial charge >= 0.3 is 0 Å². The molecule has 0 bridgehead atoms. The Hall–Kier alpha value is -6.16. The maximum absolute atomic E-state index is 16.6.